The van der Waals surface area contributed by atoms with Gasteiger partial charge in [0.15, 0.2) is 0 Å². The average Bonchev–Trinajstić information content (AvgIpc) is 2.72. The third kappa shape index (κ3) is 3.35. The highest BCUT2D eigenvalue weighted by atomic mass is 16.7. The molecule has 0 N–H and O–H groups in total. The van der Waals surface area contributed by atoms with Crippen LogP contribution in [0.5, 0.6) is 0 Å². The first-order chi connectivity index (χ1) is 7.84. The summed E-state index contributed by atoms with van der Waals surface area (Å²) in [6.07, 6.45) is 2.84. The zero-order chi connectivity index (χ0) is 11.2. The SMILES string of the molecule is O=C1CCC(OCCCc2ccccc2)O1. The topological polar surface area (TPSA) is 35.5 Å². The Bertz CT molecular complexity index is 334. The number of cyclic esters (lactones) is 1. The fourth-order valence-electron chi connectivity index (χ4n) is 1.75. The second kappa shape index (κ2) is 5.66. The molecule has 3 heteroatoms. The highest BCUT2D eigenvalue weighted by Gasteiger charge is 2.23. The lowest BCUT2D eigenvalue weighted by Crippen LogP contribution is -2.12. The molecular formula is C13H16O3. The standard InChI is InChI=1S/C13H16O3/c14-12-8-9-13(16-12)15-10-4-7-11-5-2-1-3-6-11/h1-3,5-6,13H,4,7-10H2. The summed E-state index contributed by atoms with van der Waals surface area (Å²) in [6.45, 7) is 0.646. The van der Waals surface area contributed by atoms with Gasteiger partial charge in [0, 0.05) is 6.42 Å². The fraction of sp³-hybridized carbons (Fsp3) is 0.462. The lowest BCUT2D eigenvalue weighted by Gasteiger charge is -2.10. The summed E-state index contributed by atoms with van der Waals surface area (Å²) < 4.78 is 10.4. The molecule has 1 aromatic carbocycles. The number of hydrogen-bond acceptors (Lipinski definition) is 3. The van der Waals surface area contributed by atoms with E-state index < -0.39 is 0 Å². The van der Waals surface area contributed by atoms with E-state index in [1.807, 2.05) is 18.2 Å². The summed E-state index contributed by atoms with van der Waals surface area (Å²) in [5.41, 5.74) is 1.31. The molecule has 0 aliphatic carbocycles. The summed E-state index contributed by atoms with van der Waals surface area (Å²) >= 11 is 0. The van der Waals surface area contributed by atoms with E-state index in [4.69, 9.17) is 9.47 Å². The van der Waals surface area contributed by atoms with Crippen molar-refractivity contribution in [3.63, 3.8) is 0 Å². The van der Waals surface area contributed by atoms with Crippen molar-refractivity contribution in [3.8, 4) is 0 Å². The summed E-state index contributed by atoms with van der Waals surface area (Å²) in [7, 11) is 0. The van der Waals surface area contributed by atoms with Gasteiger partial charge in [0.1, 0.15) is 0 Å². The van der Waals surface area contributed by atoms with Crippen LogP contribution in [0.3, 0.4) is 0 Å². The van der Waals surface area contributed by atoms with Gasteiger partial charge in [-0.05, 0) is 18.4 Å². The van der Waals surface area contributed by atoms with Gasteiger partial charge in [-0.15, -0.1) is 0 Å². The van der Waals surface area contributed by atoms with Gasteiger partial charge < -0.3 is 9.47 Å². The molecule has 0 saturated carbocycles. The Morgan fingerprint density at radius 1 is 1.31 bits per heavy atom. The summed E-state index contributed by atoms with van der Waals surface area (Å²) in [6, 6.07) is 10.3. The first-order valence-corrected chi connectivity index (χ1v) is 5.69. The van der Waals surface area contributed by atoms with Crippen molar-refractivity contribution in [1.29, 1.82) is 0 Å². The van der Waals surface area contributed by atoms with Crippen LogP contribution in [0, 0.1) is 0 Å². The Morgan fingerprint density at radius 2 is 2.12 bits per heavy atom. The maximum absolute atomic E-state index is 10.8. The average molecular weight is 220 g/mol. The molecule has 1 saturated heterocycles. The fourth-order valence-corrected chi connectivity index (χ4v) is 1.75. The number of carbonyl (C=O) groups excluding carboxylic acids is 1. The van der Waals surface area contributed by atoms with Crippen LogP contribution in [0.1, 0.15) is 24.8 Å². The van der Waals surface area contributed by atoms with Crippen LogP contribution >= 0.6 is 0 Å². The summed E-state index contributed by atoms with van der Waals surface area (Å²) in [5, 5.41) is 0. The van der Waals surface area contributed by atoms with E-state index in [9.17, 15) is 4.79 Å². The molecule has 1 aromatic rings. The molecule has 1 heterocycles. The second-order valence-corrected chi connectivity index (χ2v) is 3.92. The van der Waals surface area contributed by atoms with Crippen LogP contribution in [0.25, 0.3) is 0 Å². The van der Waals surface area contributed by atoms with E-state index in [1.165, 1.54) is 5.56 Å². The van der Waals surface area contributed by atoms with E-state index in [0.29, 0.717) is 19.4 Å². The molecule has 2 rings (SSSR count). The number of ether oxygens (including phenoxy) is 2. The number of benzene rings is 1. The maximum atomic E-state index is 10.8. The summed E-state index contributed by atoms with van der Waals surface area (Å²) in [4.78, 5) is 10.8. The van der Waals surface area contributed by atoms with Crippen molar-refractivity contribution in [1.82, 2.24) is 0 Å². The van der Waals surface area contributed by atoms with E-state index in [2.05, 4.69) is 12.1 Å². The van der Waals surface area contributed by atoms with Gasteiger partial charge in [0.05, 0.1) is 13.0 Å². The van der Waals surface area contributed by atoms with E-state index in [0.717, 1.165) is 12.8 Å². The van der Waals surface area contributed by atoms with Crippen molar-refractivity contribution in [2.75, 3.05) is 6.61 Å². The largest absolute Gasteiger partial charge is 0.436 e. The smallest absolute Gasteiger partial charge is 0.308 e. The maximum Gasteiger partial charge on any atom is 0.308 e. The van der Waals surface area contributed by atoms with E-state index in [1.54, 1.807) is 0 Å². The number of esters is 1. The minimum atomic E-state index is -0.303. The van der Waals surface area contributed by atoms with Crippen molar-refractivity contribution in [2.45, 2.75) is 32.0 Å². The molecule has 1 aliphatic rings. The van der Waals surface area contributed by atoms with Gasteiger partial charge in [0.2, 0.25) is 6.29 Å². The third-order valence-electron chi connectivity index (χ3n) is 2.60. The highest BCUT2D eigenvalue weighted by Crippen LogP contribution is 2.15. The lowest BCUT2D eigenvalue weighted by molar-refractivity contribution is -0.162. The monoisotopic (exact) mass is 220 g/mol. The van der Waals surface area contributed by atoms with Crippen LogP contribution in [0.15, 0.2) is 30.3 Å². The molecule has 86 valence electrons. The minimum absolute atomic E-state index is 0.145. The number of rotatable bonds is 5. The first kappa shape index (κ1) is 11.1. The summed E-state index contributed by atoms with van der Waals surface area (Å²) in [5.74, 6) is -0.145. The van der Waals surface area contributed by atoms with Crippen molar-refractivity contribution in [3.05, 3.63) is 35.9 Å². The van der Waals surface area contributed by atoms with Crippen molar-refractivity contribution < 1.29 is 14.3 Å². The molecule has 1 unspecified atom stereocenters. The predicted octanol–water partition coefficient (Wildman–Crippen LogP) is 2.30. The quantitative estimate of drug-likeness (QED) is 0.564. The molecule has 0 bridgehead atoms. The van der Waals surface area contributed by atoms with Gasteiger partial charge in [-0.1, -0.05) is 30.3 Å². The molecule has 3 nitrogen and oxygen atoms in total. The Labute approximate surface area is 95.4 Å². The van der Waals surface area contributed by atoms with Gasteiger partial charge >= 0.3 is 5.97 Å². The van der Waals surface area contributed by atoms with Gasteiger partial charge in [-0.2, -0.15) is 0 Å². The lowest BCUT2D eigenvalue weighted by atomic mass is 10.1. The van der Waals surface area contributed by atoms with Crippen LogP contribution in [-0.4, -0.2) is 18.9 Å². The highest BCUT2D eigenvalue weighted by molar-refractivity contribution is 5.71. The number of aryl methyl sites for hydroxylation is 1. The van der Waals surface area contributed by atoms with E-state index in [-0.39, 0.29) is 12.3 Å². The predicted molar refractivity (Wildman–Crippen MR) is 59.8 cm³/mol. The van der Waals surface area contributed by atoms with Crippen molar-refractivity contribution in [2.24, 2.45) is 0 Å². The zero-order valence-corrected chi connectivity index (χ0v) is 9.22. The van der Waals surface area contributed by atoms with Gasteiger partial charge in [0.25, 0.3) is 0 Å². The van der Waals surface area contributed by atoms with Gasteiger partial charge in [-0.25, -0.2) is 0 Å². The molecule has 16 heavy (non-hydrogen) atoms. The molecule has 1 atom stereocenters. The molecule has 0 aromatic heterocycles. The third-order valence-corrected chi connectivity index (χ3v) is 2.60. The van der Waals surface area contributed by atoms with Crippen LogP contribution < -0.4 is 0 Å². The normalized spacial score (nSPS) is 19.8. The first-order valence-electron chi connectivity index (χ1n) is 5.69. The number of carbonyl (C=O) groups is 1. The second-order valence-electron chi connectivity index (χ2n) is 3.92. The number of hydrogen-bond donors (Lipinski definition) is 0. The molecular weight excluding hydrogens is 204 g/mol. The Kier molecular flexibility index (Phi) is 3.94. The van der Waals surface area contributed by atoms with Crippen LogP contribution in [-0.2, 0) is 20.7 Å². The van der Waals surface area contributed by atoms with Gasteiger partial charge in [-0.3, -0.25) is 4.79 Å². The molecule has 1 fully saturated rings. The Morgan fingerprint density at radius 3 is 2.81 bits per heavy atom. The van der Waals surface area contributed by atoms with Crippen molar-refractivity contribution >= 4 is 5.97 Å². The Balaban J connectivity index is 1.60. The molecule has 0 spiro atoms. The Hall–Kier alpha value is -1.35. The minimum Gasteiger partial charge on any atom is -0.436 e. The van der Waals surface area contributed by atoms with E-state index >= 15 is 0 Å². The molecule has 0 radical (unpaired) electrons. The molecule has 0 amide bonds. The van der Waals surface area contributed by atoms with Crippen LogP contribution in [0.2, 0.25) is 0 Å². The molecule has 1 aliphatic heterocycles. The zero-order valence-electron chi connectivity index (χ0n) is 9.22. The van der Waals surface area contributed by atoms with Crippen LogP contribution in [0.4, 0.5) is 0 Å².